The van der Waals surface area contributed by atoms with Crippen LogP contribution in [0.5, 0.6) is 0 Å². The molecular weight excluding hydrogens is 264 g/mol. The minimum Gasteiger partial charge on any atom is -0.300 e. The first kappa shape index (κ1) is 13.4. The number of aromatic amines is 1. The zero-order valence-electron chi connectivity index (χ0n) is 10.9. The minimum absolute atomic E-state index is 0.556. The smallest absolute Gasteiger partial charge is 0.195 e. The topological polar surface area (TPSA) is 46.5 Å². The molecule has 6 heteroatoms. The lowest BCUT2D eigenvalue weighted by Gasteiger charge is -2.06. The summed E-state index contributed by atoms with van der Waals surface area (Å²) in [6.07, 6.45) is 4.17. The van der Waals surface area contributed by atoms with E-state index in [4.69, 9.17) is 12.2 Å². The van der Waals surface area contributed by atoms with Crippen LogP contribution in [0.1, 0.15) is 44.5 Å². The highest BCUT2D eigenvalue weighted by atomic mass is 32.1. The molecule has 0 fully saturated rings. The van der Waals surface area contributed by atoms with Crippen molar-refractivity contribution in [2.45, 2.75) is 46.1 Å². The average molecular weight is 282 g/mol. The summed E-state index contributed by atoms with van der Waals surface area (Å²) in [6.45, 7) is 7.30. The van der Waals surface area contributed by atoms with E-state index in [-0.39, 0.29) is 0 Å². The highest BCUT2D eigenvalue weighted by Gasteiger charge is 2.15. The van der Waals surface area contributed by atoms with Gasteiger partial charge in [-0.15, -0.1) is 11.3 Å². The Bertz CT molecular complexity index is 563. The van der Waals surface area contributed by atoms with Gasteiger partial charge in [-0.1, -0.05) is 13.8 Å². The number of nitrogens with one attached hydrogen (secondary N) is 1. The normalized spacial score (nSPS) is 11.3. The van der Waals surface area contributed by atoms with Crippen molar-refractivity contribution >= 4 is 23.6 Å². The summed E-state index contributed by atoms with van der Waals surface area (Å²) in [4.78, 5) is 5.63. The van der Waals surface area contributed by atoms with Crippen LogP contribution >= 0.6 is 23.6 Å². The molecule has 2 aromatic heterocycles. The van der Waals surface area contributed by atoms with Crippen molar-refractivity contribution < 1.29 is 0 Å². The molecule has 2 heterocycles. The number of H-pyrrole nitrogens is 1. The van der Waals surface area contributed by atoms with E-state index < -0.39 is 0 Å². The zero-order valence-corrected chi connectivity index (χ0v) is 12.6. The molecule has 18 heavy (non-hydrogen) atoms. The molecule has 0 spiro atoms. The second-order valence-electron chi connectivity index (χ2n) is 4.17. The van der Waals surface area contributed by atoms with Crippen LogP contribution in [0.25, 0.3) is 10.7 Å². The van der Waals surface area contributed by atoms with Gasteiger partial charge in [0.05, 0.1) is 9.88 Å². The highest BCUT2D eigenvalue weighted by Crippen LogP contribution is 2.31. The van der Waals surface area contributed by atoms with Gasteiger partial charge in [0.2, 0.25) is 0 Å². The van der Waals surface area contributed by atoms with Crippen LogP contribution < -0.4 is 0 Å². The van der Waals surface area contributed by atoms with Crippen LogP contribution in [-0.4, -0.2) is 19.7 Å². The van der Waals surface area contributed by atoms with Crippen LogP contribution in [0, 0.1) is 4.77 Å². The second-order valence-corrected chi connectivity index (χ2v) is 5.62. The molecule has 0 aliphatic heterocycles. The van der Waals surface area contributed by atoms with Crippen LogP contribution in [0.4, 0.5) is 0 Å². The summed E-state index contributed by atoms with van der Waals surface area (Å²) in [6, 6.07) is 0. The average Bonchev–Trinajstić information content (AvgIpc) is 2.97. The van der Waals surface area contributed by atoms with Gasteiger partial charge in [-0.25, -0.2) is 4.98 Å². The molecule has 0 unspecified atom stereocenters. The van der Waals surface area contributed by atoms with E-state index in [1.165, 1.54) is 5.01 Å². The Balaban J connectivity index is 2.37. The fraction of sp³-hybridized carbons (Fsp3) is 0.583. The van der Waals surface area contributed by atoms with Crippen LogP contribution in [-0.2, 0) is 6.54 Å². The van der Waals surface area contributed by atoms with E-state index >= 15 is 0 Å². The lowest BCUT2D eigenvalue weighted by atomic mass is 10.1. The third-order valence-corrected chi connectivity index (χ3v) is 4.62. The molecule has 0 atom stereocenters. The maximum atomic E-state index is 5.21. The van der Waals surface area contributed by atoms with Gasteiger partial charge < -0.3 is 0 Å². The van der Waals surface area contributed by atoms with Crippen molar-refractivity contribution in [2.24, 2.45) is 0 Å². The summed E-state index contributed by atoms with van der Waals surface area (Å²) in [5, 5.41) is 8.35. The van der Waals surface area contributed by atoms with Crippen molar-refractivity contribution in [1.82, 2.24) is 19.7 Å². The molecule has 0 saturated carbocycles. The van der Waals surface area contributed by atoms with Gasteiger partial charge in [0, 0.05) is 18.7 Å². The number of hydrogen-bond donors (Lipinski definition) is 1. The lowest BCUT2D eigenvalue weighted by molar-refractivity contribution is 0.637. The first-order valence-electron chi connectivity index (χ1n) is 6.32. The number of rotatable bonds is 5. The fourth-order valence-corrected chi connectivity index (χ4v) is 3.46. The first-order chi connectivity index (χ1) is 8.71. The van der Waals surface area contributed by atoms with Gasteiger partial charge in [-0.3, -0.25) is 9.67 Å². The Morgan fingerprint density at radius 2 is 2.11 bits per heavy atom. The summed E-state index contributed by atoms with van der Waals surface area (Å²) in [7, 11) is 0. The molecule has 4 nitrogen and oxygen atoms in total. The number of nitrogens with zero attached hydrogens (tertiary/aromatic N) is 3. The predicted octanol–water partition coefficient (Wildman–Crippen LogP) is 3.99. The van der Waals surface area contributed by atoms with E-state index in [1.807, 2.05) is 10.8 Å². The maximum Gasteiger partial charge on any atom is 0.195 e. The molecule has 0 bridgehead atoms. The largest absolute Gasteiger partial charge is 0.300 e. The first-order valence-corrected chi connectivity index (χ1v) is 7.54. The second kappa shape index (κ2) is 5.75. The number of thiazole rings is 1. The van der Waals surface area contributed by atoms with E-state index in [1.54, 1.807) is 11.3 Å². The van der Waals surface area contributed by atoms with Crippen molar-refractivity contribution in [3.63, 3.8) is 0 Å². The van der Waals surface area contributed by atoms with Gasteiger partial charge in [0.25, 0.3) is 0 Å². The standard InChI is InChI=1S/C12H18N4S2/c1-4-8(5-2)11-13-7-9(18-11)10-14-15-12(17)16(10)6-3/h7-8H,4-6H2,1-3H3,(H,15,17). The fourth-order valence-electron chi connectivity index (χ4n) is 2.02. The monoisotopic (exact) mass is 282 g/mol. The molecule has 1 N–H and O–H groups in total. The summed E-state index contributed by atoms with van der Waals surface area (Å²) < 4.78 is 2.67. The Hall–Kier alpha value is -1.01. The minimum atomic E-state index is 0.556. The van der Waals surface area contributed by atoms with E-state index in [9.17, 15) is 0 Å². The molecule has 2 rings (SSSR count). The summed E-state index contributed by atoms with van der Waals surface area (Å²) in [5.74, 6) is 1.46. The van der Waals surface area contributed by atoms with Crippen molar-refractivity contribution in [2.75, 3.05) is 0 Å². The maximum absolute atomic E-state index is 5.21. The molecule has 0 amide bonds. The molecular formula is C12H18N4S2. The van der Waals surface area contributed by atoms with Gasteiger partial charge in [0.15, 0.2) is 10.6 Å². The predicted molar refractivity (Wildman–Crippen MR) is 77.5 cm³/mol. The molecule has 2 aromatic rings. The molecule has 0 aromatic carbocycles. The SMILES string of the molecule is CCC(CC)c1ncc(-c2n[nH]c(=S)n2CC)s1. The van der Waals surface area contributed by atoms with Gasteiger partial charge in [0.1, 0.15) is 0 Å². The quantitative estimate of drug-likeness (QED) is 0.844. The Labute approximate surface area is 116 Å². The van der Waals surface area contributed by atoms with E-state index in [0.717, 1.165) is 30.1 Å². The Kier molecular flexibility index (Phi) is 4.29. The van der Waals surface area contributed by atoms with E-state index in [2.05, 4.69) is 36.0 Å². The molecule has 0 aliphatic rings. The lowest BCUT2D eigenvalue weighted by Crippen LogP contribution is -1.96. The third kappa shape index (κ3) is 2.40. The van der Waals surface area contributed by atoms with Gasteiger partial charge in [-0.2, -0.15) is 5.10 Å². The van der Waals surface area contributed by atoms with Crippen molar-refractivity contribution in [3.05, 3.63) is 16.0 Å². The van der Waals surface area contributed by atoms with Crippen LogP contribution in [0.3, 0.4) is 0 Å². The zero-order chi connectivity index (χ0) is 13.1. The molecule has 0 saturated heterocycles. The summed E-state index contributed by atoms with van der Waals surface area (Å²) >= 11 is 6.93. The van der Waals surface area contributed by atoms with Crippen molar-refractivity contribution in [1.29, 1.82) is 0 Å². The summed E-state index contributed by atoms with van der Waals surface area (Å²) in [5.41, 5.74) is 0. The molecule has 0 radical (unpaired) electrons. The van der Waals surface area contributed by atoms with Crippen molar-refractivity contribution in [3.8, 4) is 10.7 Å². The number of hydrogen-bond acceptors (Lipinski definition) is 4. The Morgan fingerprint density at radius 1 is 1.39 bits per heavy atom. The van der Waals surface area contributed by atoms with Gasteiger partial charge >= 0.3 is 0 Å². The van der Waals surface area contributed by atoms with Crippen LogP contribution in [0.2, 0.25) is 0 Å². The highest BCUT2D eigenvalue weighted by molar-refractivity contribution is 7.71. The third-order valence-electron chi connectivity index (χ3n) is 3.15. The molecule has 0 aliphatic carbocycles. The Morgan fingerprint density at radius 3 is 2.72 bits per heavy atom. The van der Waals surface area contributed by atoms with Crippen LogP contribution in [0.15, 0.2) is 6.20 Å². The van der Waals surface area contributed by atoms with Gasteiger partial charge in [-0.05, 0) is 32.0 Å². The molecule has 98 valence electrons. The van der Waals surface area contributed by atoms with E-state index in [0.29, 0.717) is 10.7 Å². The number of aromatic nitrogens is 4.